The van der Waals surface area contributed by atoms with E-state index in [9.17, 15) is 18.0 Å². The lowest BCUT2D eigenvalue weighted by molar-refractivity contribution is -0.152. The predicted octanol–water partition coefficient (Wildman–Crippen LogP) is 3.64. The molecule has 0 saturated carbocycles. The fourth-order valence-electron chi connectivity index (χ4n) is 4.74. The average Bonchev–Trinajstić information content (AvgIpc) is 2.97. The first-order valence-electron chi connectivity index (χ1n) is 13.2. The number of nitrogens with zero attached hydrogens (tertiary/aromatic N) is 2. The summed E-state index contributed by atoms with van der Waals surface area (Å²) in [5.74, 6) is 0.0438. The molecule has 0 aliphatic carbocycles. The Morgan fingerprint density at radius 2 is 1.86 bits per heavy atom. The van der Waals surface area contributed by atoms with Crippen LogP contribution in [0.4, 0.5) is 0 Å². The number of nitrogens with two attached hydrogens (primary N) is 1. The Balaban J connectivity index is 1.61. The van der Waals surface area contributed by atoms with E-state index >= 15 is 0 Å². The number of hydrogen-bond donors (Lipinski definition) is 1. The van der Waals surface area contributed by atoms with Crippen molar-refractivity contribution >= 4 is 33.4 Å². The summed E-state index contributed by atoms with van der Waals surface area (Å²) >= 11 is 6.17. The van der Waals surface area contributed by atoms with Gasteiger partial charge in [0.1, 0.15) is 23.7 Å². The first kappa shape index (κ1) is 31.3. The van der Waals surface area contributed by atoms with Crippen LogP contribution < -0.4 is 14.6 Å². The van der Waals surface area contributed by atoms with Gasteiger partial charge in [-0.05, 0) is 54.4 Å². The lowest BCUT2D eigenvalue weighted by atomic mass is 9.96. The van der Waals surface area contributed by atoms with Crippen molar-refractivity contribution in [2.75, 3.05) is 40.5 Å². The van der Waals surface area contributed by atoms with Crippen LogP contribution in [0.1, 0.15) is 27.9 Å². The number of halogens is 1. The normalized spacial score (nSPS) is 17.0. The molecular weight excluding hydrogens is 582 g/mol. The molecule has 0 aromatic heterocycles. The smallest absolute Gasteiger partial charge is 0.257 e. The number of carbonyl (C=O) groups excluding carboxylic acids is 2. The zero-order valence-electron chi connectivity index (χ0n) is 23.7. The van der Waals surface area contributed by atoms with Crippen molar-refractivity contribution in [2.24, 2.45) is 5.14 Å². The second-order valence-corrected chi connectivity index (χ2v) is 12.2. The second-order valence-electron chi connectivity index (χ2n) is 10.3. The van der Waals surface area contributed by atoms with Crippen LogP contribution >= 0.6 is 11.6 Å². The minimum atomic E-state index is -4.07. The van der Waals surface area contributed by atoms with Crippen molar-refractivity contribution in [3.63, 3.8) is 0 Å². The number of hydrogen-bond acceptors (Lipinski definition) is 7. The number of methoxy groups -OCH3 is 1. The molecule has 2 N–H and O–H groups in total. The Kier molecular flexibility index (Phi) is 9.78. The minimum Gasteiger partial charge on any atom is -0.496 e. The lowest BCUT2D eigenvalue weighted by Gasteiger charge is -2.42. The number of ether oxygens (including phenoxy) is 3. The average molecular weight is 616 g/mol. The molecule has 4 rings (SSSR count). The van der Waals surface area contributed by atoms with E-state index in [4.69, 9.17) is 31.0 Å². The van der Waals surface area contributed by atoms with Crippen LogP contribution in [0, 0.1) is 6.92 Å². The van der Waals surface area contributed by atoms with E-state index in [0.717, 1.165) is 11.1 Å². The summed E-state index contributed by atoms with van der Waals surface area (Å²) in [6.07, 6.45) is -0.0684. The van der Waals surface area contributed by atoms with E-state index in [-0.39, 0.29) is 54.8 Å². The molecule has 10 nitrogen and oxygen atoms in total. The highest BCUT2D eigenvalue weighted by Crippen LogP contribution is 2.30. The van der Waals surface area contributed by atoms with Gasteiger partial charge in [0.2, 0.25) is 15.9 Å². The van der Waals surface area contributed by atoms with Crippen molar-refractivity contribution in [1.82, 2.24) is 9.80 Å². The Morgan fingerprint density at radius 1 is 1.12 bits per heavy atom. The summed E-state index contributed by atoms with van der Waals surface area (Å²) in [7, 11) is -0.971. The molecule has 224 valence electrons. The van der Waals surface area contributed by atoms with Gasteiger partial charge >= 0.3 is 0 Å². The molecule has 1 atom stereocenters. The third-order valence-electron chi connectivity index (χ3n) is 7.06. The molecule has 12 heteroatoms. The highest BCUT2D eigenvalue weighted by molar-refractivity contribution is 7.89. The highest BCUT2D eigenvalue weighted by atomic mass is 35.5. The molecular formula is C30H34ClN3O7S. The van der Waals surface area contributed by atoms with Crippen LogP contribution in [-0.2, 0) is 26.1 Å². The fraction of sp³-hybridized carbons (Fsp3) is 0.333. The fourth-order valence-corrected chi connectivity index (χ4v) is 5.40. The van der Waals surface area contributed by atoms with Gasteiger partial charge in [0, 0.05) is 25.2 Å². The van der Waals surface area contributed by atoms with Gasteiger partial charge < -0.3 is 24.0 Å². The Hall–Kier alpha value is -3.64. The zero-order chi connectivity index (χ0) is 30.5. The van der Waals surface area contributed by atoms with Gasteiger partial charge in [-0.2, -0.15) is 0 Å². The number of benzene rings is 3. The zero-order valence-corrected chi connectivity index (χ0v) is 25.3. The molecule has 1 heterocycles. The number of primary sulfonamides is 1. The van der Waals surface area contributed by atoms with Crippen LogP contribution in [0.25, 0.3) is 0 Å². The van der Waals surface area contributed by atoms with E-state index in [0.29, 0.717) is 17.3 Å². The van der Waals surface area contributed by atoms with Gasteiger partial charge in [0.05, 0.1) is 37.1 Å². The van der Waals surface area contributed by atoms with Gasteiger partial charge in [0.25, 0.3) is 5.91 Å². The summed E-state index contributed by atoms with van der Waals surface area (Å²) < 4.78 is 41.7. The maximum absolute atomic E-state index is 13.8. The molecule has 0 radical (unpaired) electrons. The number of aryl methyl sites for hydroxylation is 1. The SMILES string of the molecule is COc1ccc(S(N)(=O)=O)cc1C(=O)N1CCOC(COc2ccc(Cl)c(C)c2)(CC(=O)N(C)Cc2ccccc2)C1. The molecule has 42 heavy (non-hydrogen) atoms. The number of morpholine rings is 1. The Labute approximate surface area is 251 Å². The largest absolute Gasteiger partial charge is 0.496 e. The maximum Gasteiger partial charge on any atom is 0.257 e. The van der Waals surface area contributed by atoms with Crippen LogP contribution in [-0.4, -0.2) is 76.1 Å². The van der Waals surface area contributed by atoms with Gasteiger partial charge in [-0.1, -0.05) is 41.9 Å². The van der Waals surface area contributed by atoms with Crippen LogP contribution in [0.3, 0.4) is 0 Å². The van der Waals surface area contributed by atoms with Crippen molar-refractivity contribution in [3.8, 4) is 11.5 Å². The molecule has 1 saturated heterocycles. The van der Waals surface area contributed by atoms with Gasteiger partial charge in [-0.15, -0.1) is 0 Å². The third-order valence-corrected chi connectivity index (χ3v) is 8.39. The van der Waals surface area contributed by atoms with Crippen molar-refractivity contribution < 1.29 is 32.2 Å². The molecule has 1 fully saturated rings. The van der Waals surface area contributed by atoms with E-state index in [1.54, 1.807) is 30.1 Å². The van der Waals surface area contributed by atoms with E-state index in [1.165, 1.54) is 30.2 Å². The molecule has 2 amide bonds. The van der Waals surface area contributed by atoms with Crippen LogP contribution in [0.5, 0.6) is 11.5 Å². The summed E-state index contributed by atoms with van der Waals surface area (Å²) in [6, 6.07) is 18.7. The van der Waals surface area contributed by atoms with E-state index in [1.807, 2.05) is 37.3 Å². The number of amides is 2. The maximum atomic E-state index is 13.8. The lowest BCUT2D eigenvalue weighted by Crippen LogP contribution is -2.58. The van der Waals surface area contributed by atoms with Crippen molar-refractivity contribution in [1.29, 1.82) is 0 Å². The number of rotatable bonds is 10. The molecule has 3 aromatic carbocycles. The highest BCUT2D eigenvalue weighted by Gasteiger charge is 2.42. The second kappa shape index (κ2) is 13.1. The molecule has 3 aromatic rings. The van der Waals surface area contributed by atoms with Gasteiger partial charge in [-0.3, -0.25) is 9.59 Å². The standard InChI is InChI=1S/C30H34ClN3O7S/c1-21-15-23(9-11-26(21)31)40-20-30(17-28(35)33(2)18-22-7-5-4-6-8-22)19-34(13-14-41-30)29(36)25-16-24(42(32,37)38)10-12-27(25)39-3/h4-12,15-16H,13-14,17-20H2,1-3H3,(H2,32,37,38). The molecule has 1 aliphatic heterocycles. The monoisotopic (exact) mass is 615 g/mol. The van der Waals surface area contributed by atoms with Gasteiger partial charge in [0.15, 0.2) is 0 Å². The van der Waals surface area contributed by atoms with Crippen molar-refractivity contribution in [3.05, 3.63) is 88.4 Å². The topological polar surface area (TPSA) is 128 Å². The Morgan fingerprint density at radius 3 is 2.52 bits per heavy atom. The molecule has 0 spiro atoms. The molecule has 1 aliphatic rings. The van der Waals surface area contributed by atoms with Crippen LogP contribution in [0.2, 0.25) is 5.02 Å². The predicted molar refractivity (Wildman–Crippen MR) is 158 cm³/mol. The first-order chi connectivity index (χ1) is 19.9. The number of carbonyl (C=O) groups is 2. The quantitative estimate of drug-likeness (QED) is 0.369. The molecule has 1 unspecified atom stereocenters. The summed E-state index contributed by atoms with van der Waals surface area (Å²) in [5.41, 5.74) is 0.624. The minimum absolute atomic E-state index is 0.00603. The summed E-state index contributed by atoms with van der Waals surface area (Å²) in [4.78, 5) is 30.2. The van der Waals surface area contributed by atoms with E-state index in [2.05, 4.69) is 0 Å². The first-order valence-corrected chi connectivity index (χ1v) is 15.1. The van der Waals surface area contributed by atoms with Crippen molar-refractivity contribution in [2.45, 2.75) is 30.4 Å². The van der Waals surface area contributed by atoms with Gasteiger partial charge in [-0.25, -0.2) is 13.6 Å². The molecule has 0 bridgehead atoms. The number of sulfonamides is 1. The Bertz CT molecular complexity index is 1550. The third kappa shape index (κ3) is 7.60. The summed E-state index contributed by atoms with van der Waals surface area (Å²) in [5, 5.41) is 5.91. The van der Waals surface area contributed by atoms with E-state index < -0.39 is 21.5 Å². The summed E-state index contributed by atoms with van der Waals surface area (Å²) in [6.45, 7) is 2.56. The van der Waals surface area contributed by atoms with Crippen LogP contribution in [0.15, 0.2) is 71.6 Å².